The average Bonchev–Trinajstić information content (AvgIpc) is 3.12. The molecule has 3 rings (SSSR count). The van der Waals surface area contributed by atoms with Gasteiger partial charge in [-0.2, -0.15) is 0 Å². The first kappa shape index (κ1) is 17.4. The Kier molecular flexibility index (Phi) is 5.06. The monoisotopic (exact) mass is 364 g/mol. The van der Waals surface area contributed by atoms with Crippen LogP contribution in [0.4, 0.5) is 5.88 Å². The van der Waals surface area contributed by atoms with Crippen LogP contribution in [0.2, 0.25) is 5.02 Å². The number of hydrogen-bond donors (Lipinski definition) is 1. The van der Waals surface area contributed by atoms with Gasteiger partial charge in [0, 0.05) is 30.2 Å². The maximum Gasteiger partial charge on any atom is 0.433 e. The molecular weight excluding hydrogens is 348 g/mol. The molecule has 1 aliphatic heterocycles. The number of ether oxygens (including phenoxy) is 1. The molecule has 1 N–H and O–H groups in total. The van der Waals surface area contributed by atoms with Crippen molar-refractivity contribution in [3.63, 3.8) is 0 Å². The maximum atomic E-state index is 12.3. The quantitative estimate of drug-likeness (QED) is 0.648. The summed E-state index contributed by atoms with van der Waals surface area (Å²) in [7, 11) is 0. The lowest BCUT2D eigenvalue weighted by atomic mass is 9.74. The third-order valence-corrected chi connectivity index (χ3v) is 4.74. The van der Waals surface area contributed by atoms with Gasteiger partial charge in [-0.05, 0) is 36.6 Å². The third kappa shape index (κ3) is 3.83. The molecule has 0 atom stereocenters. The predicted octanol–water partition coefficient (Wildman–Crippen LogP) is 3.32. The van der Waals surface area contributed by atoms with Gasteiger partial charge in [0.05, 0.1) is 6.07 Å². The molecule has 1 fully saturated rings. The minimum atomic E-state index is -0.676. The molecule has 1 amide bonds. The normalized spacial score (nSPS) is 16.4. The van der Waals surface area contributed by atoms with Gasteiger partial charge in [0.15, 0.2) is 5.76 Å². The van der Waals surface area contributed by atoms with Gasteiger partial charge in [0.2, 0.25) is 0 Å². The highest BCUT2D eigenvalue weighted by Gasteiger charge is 2.35. The largest absolute Gasteiger partial charge is 0.433 e. The fraction of sp³-hybridized carbons (Fsp3) is 0.353. The van der Waals surface area contributed by atoms with Crippen LogP contribution in [0.1, 0.15) is 29.0 Å². The van der Waals surface area contributed by atoms with Crippen molar-refractivity contribution < 1.29 is 18.9 Å². The number of furan rings is 1. The highest BCUT2D eigenvalue weighted by molar-refractivity contribution is 6.30. The molecule has 0 unspecified atom stereocenters. The van der Waals surface area contributed by atoms with E-state index in [0.29, 0.717) is 24.8 Å². The Hall–Kier alpha value is -2.38. The summed E-state index contributed by atoms with van der Waals surface area (Å²) in [6, 6.07) is 10.0. The Labute approximate surface area is 149 Å². The first-order valence-electron chi connectivity index (χ1n) is 7.86. The van der Waals surface area contributed by atoms with Crippen LogP contribution in [0, 0.1) is 10.1 Å². The van der Waals surface area contributed by atoms with E-state index in [2.05, 4.69) is 5.32 Å². The summed E-state index contributed by atoms with van der Waals surface area (Å²) in [4.78, 5) is 22.3. The van der Waals surface area contributed by atoms with Gasteiger partial charge in [-0.1, -0.05) is 23.7 Å². The minimum Gasteiger partial charge on any atom is -0.395 e. The van der Waals surface area contributed by atoms with Crippen LogP contribution >= 0.6 is 11.6 Å². The van der Waals surface area contributed by atoms with E-state index in [9.17, 15) is 14.9 Å². The SMILES string of the molecule is O=C(NCC1(c2ccc(Cl)cc2)CCOCC1)c1ccc([N+](=O)[O-])o1. The smallest absolute Gasteiger partial charge is 0.395 e. The van der Waals surface area contributed by atoms with E-state index >= 15 is 0 Å². The van der Waals surface area contributed by atoms with Crippen LogP contribution in [0.15, 0.2) is 40.8 Å². The number of nitrogens with zero attached hydrogens (tertiary/aromatic N) is 1. The van der Waals surface area contributed by atoms with Gasteiger partial charge in [-0.15, -0.1) is 0 Å². The summed E-state index contributed by atoms with van der Waals surface area (Å²) >= 11 is 5.97. The highest BCUT2D eigenvalue weighted by atomic mass is 35.5. The molecule has 0 spiro atoms. The number of amides is 1. The Morgan fingerprint density at radius 3 is 2.48 bits per heavy atom. The van der Waals surface area contributed by atoms with Crippen molar-refractivity contribution >= 4 is 23.4 Å². The predicted molar refractivity (Wildman–Crippen MR) is 90.9 cm³/mol. The second kappa shape index (κ2) is 7.25. The summed E-state index contributed by atoms with van der Waals surface area (Å²) in [6.07, 6.45) is 1.51. The Balaban J connectivity index is 1.75. The molecule has 1 saturated heterocycles. The number of benzene rings is 1. The molecule has 2 aromatic rings. The zero-order valence-corrected chi connectivity index (χ0v) is 14.1. The molecule has 25 heavy (non-hydrogen) atoms. The van der Waals surface area contributed by atoms with Crippen LogP contribution in [0.5, 0.6) is 0 Å². The Morgan fingerprint density at radius 1 is 1.20 bits per heavy atom. The molecule has 0 bridgehead atoms. The van der Waals surface area contributed by atoms with Gasteiger partial charge in [0.1, 0.15) is 4.92 Å². The topological polar surface area (TPSA) is 94.6 Å². The number of rotatable bonds is 5. The summed E-state index contributed by atoms with van der Waals surface area (Å²) in [5, 5.41) is 14.1. The number of carbonyl (C=O) groups is 1. The fourth-order valence-electron chi connectivity index (χ4n) is 3.02. The van der Waals surface area contributed by atoms with Crippen molar-refractivity contribution in [1.82, 2.24) is 5.32 Å². The summed E-state index contributed by atoms with van der Waals surface area (Å²) in [5.41, 5.74) is 0.808. The summed E-state index contributed by atoms with van der Waals surface area (Å²) in [6.45, 7) is 1.58. The summed E-state index contributed by atoms with van der Waals surface area (Å²) < 4.78 is 10.4. The molecule has 0 saturated carbocycles. The number of nitrogens with one attached hydrogen (secondary N) is 1. The first-order chi connectivity index (χ1) is 12.0. The standard InChI is InChI=1S/C17H17ClN2O5/c18-13-3-1-12(2-4-13)17(7-9-24-10-8-17)11-19-16(21)14-5-6-15(25-14)20(22)23/h1-6H,7-11H2,(H,19,21). The second-order valence-electron chi connectivity index (χ2n) is 5.98. The van der Waals surface area contributed by atoms with E-state index in [1.807, 2.05) is 24.3 Å². The Morgan fingerprint density at radius 2 is 1.88 bits per heavy atom. The lowest BCUT2D eigenvalue weighted by molar-refractivity contribution is -0.402. The number of hydrogen-bond acceptors (Lipinski definition) is 5. The lowest BCUT2D eigenvalue weighted by Gasteiger charge is -2.37. The van der Waals surface area contributed by atoms with E-state index in [0.717, 1.165) is 18.4 Å². The van der Waals surface area contributed by atoms with E-state index in [1.54, 1.807) is 0 Å². The molecule has 1 aromatic carbocycles. The van der Waals surface area contributed by atoms with Gasteiger partial charge in [-0.25, -0.2) is 0 Å². The molecule has 0 aliphatic carbocycles. The van der Waals surface area contributed by atoms with Crippen LogP contribution in [0.3, 0.4) is 0 Å². The molecule has 1 aliphatic rings. The maximum absolute atomic E-state index is 12.3. The third-order valence-electron chi connectivity index (χ3n) is 4.49. The molecule has 1 aromatic heterocycles. The number of nitro groups is 1. The van der Waals surface area contributed by atoms with E-state index < -0.39 is 16.7 Å². The Bertz CT molecular complexity index is 766. The molecule has 132 valence electrons. The molecule has 7 nitrogen and oxygen atoms in total. The zero-order valence-electron chi connectivity index (χ0n) is 13.4. The van der Waals surface area contributed by atoms with Gasteiger partial charge >= 0.3 is 5.88 Å². The first-order valence-corrected chi connectivity index (χ1v) is 8.24. The van der Waals surface area contributed by atoms with Crippen LogP contribution in [0.25, 0.3) is 0 Å². The van der Waals surface area contributed by atoms with Crippen LogP contribution in [-0.2, 0) is 10.2 Å². The molecule has 0 radical (unpaired) electrons. The van der Waals surface area contributed by atoms with Gasteiger partial charge < -0.3 is 14.5 Å². The van der Waals surface area contributed by atoms with Crippen molar-refractivity contribution in [2.45, 2.75) is 18.3 Å². The molecule has 2 heterocycles. The average molecular weight is 365 g/mol. The zero-order chi connectivity index (χ0) is 17.9. The van der Waals surface area contributed by atoms with E-state index in [1.165, 1.54) is 12.1 Å². The van der Waals surface area contributed by atoms with Gasteiger partial charge in [-0.3, -0.25) is 14.9 Å². The number of halogens is 1. The molecule has 8 heteroatoms. The van der Waals surface area contributed by atoms with Crippen molar-refractivity contribution in [3.05, 3.63) is 62.9 Å². The lowest BCUT2D eigenvalue weighted by Crippen LogP contribution is -2.44. The van der Waals surface area contributed by atoms with Gasteiger partial charge in [0.25, 0.3) is 5.91 Å². The minimum absolute atomic E-state index is 0.0787. The van der Waals surface area contributed by atoms with E-state index in [4.69, 9.17) is 20.8 Å². The van der Waals surface area contributed by atoms with Crippen molar-refractivity contribution in [1.29, 1.82) is 0 Å². The van der Waals surface area contributed by atoms with E-state index in [-0.39, 0.29) is 11.2 Å². The number of carbonyl (C=O) groups excluding carboxylic acids is 1. The molecular formula is C17H17ClN2O5. The van der Waals surface area contributed by atoms with Crippen molar-refractivity contribution in [2.75, 3.05) is 19.8 Å². The van der Waals surface area contributed by atoms with Crippen molar-refractivity contribution in [3.8, 4) is 0 Å². The van der Waals surface area contributed by atoms with Crippen molar-refractivity contribution in [2.24, 2.45) is 0 Å². The second-order valence-corrected chi connectivity index (χ2v) is 6.41. The fourth-order valence-corrected chi connectivity index (χ4v) is 3.14. The highest BCUT2D eigenvalue weighted by Crippen LogP contribution is 2.35. The summed E-state index contributed by atoms with van der Waals surface area (Å²) in [5.74, 6) is -1.01. The van der Waals surface area contributed by atoms with Crippen LogP contribution in [-0.4, -0.2) is 30.6 Å². The van der Waals surface area contributed by atoms with Crippen LogP contribution < -0.4 is 5.32 Å².